The molecule has 0 aromatic heterocycles. The molecule has 0 fully saturated rings. The lowest BCUT2D eigenvalue weighted by Crippen LogP contribution is -2.26. The second kappa shape index (κ2) is 18.0. The number of aliphatic hydroxyl groups excluding tert-OH is 1. The molecule has 0 bridgehead atoms. The minimum Gasteiger partial charge on any atom is -0.438 e. The number of hydrogen-bond acceptors (Lipinski definition) is 8. The van der Waals surface area contributed by atoms with Crippen molar-refractivity contribution in [3.63, 3.8) is 0 Å². The van der Waals surface area contributed by atoms with Gasteiger partial charge in [0.1, 0.15) is 5.94 Å². The number of aliphatic hydroxyl groups is 1. The quantitative estimate of drug-likeness (QED) is 0.352. The van der Waals surface area contributed by atoms with Crippen molar-refractivity contribution < 1.29 is 14.6 Å². The smallest absolute Gasteiger partial charge is 0.407 e. The molecule has 0 saturated heterocycles. The first kappa shape index (κ1) is 21.0. The first-order valence-electron chi connectivity index (χ1n) is 6.21. The topological polar surface area (TPSA) is 58.6 Å². The highest BCUT2D eigenvalue weighted by atomic mass is 32.2. The van der Waals surface area contributed by atoms with E-state index in [4.69, 9.17) is 9.84 Å². The van der Waals surface area contributed by atoms with Gasteiger partial charge in [-0.15, -0.1) is 47.0 Å². The van der Waals surface area contributed by atoms with Crippen LogP contribution >= 0.6 is 58.8 Å². The molecule has 0 spiro atoms. The van der Waals surface area contributed by atoms with Gasteiger partial charge in [0.25, 0.3) is 0 Å². The SMILES string of the molecule is CCCSCSCSCCNC(=O)OCSCSCO. The molecule has 0 aliphatic carbocycles. The van der Waals surface area contributed by atoms with E-state index in [1.54, 1.807) is 0 Å². The first-order chi connectivity index (χ1) is 9.81. The summed E-state index contributed by atoms with van der Waals surface area (Å²) in [5, 5.41) is 14.2. The summed E-state index contributed by atoms with van der Waals surface area (Å²) in [6.07, 6.45) is 0.875. The number of nitrogens with one attached hydrogen (secondary N) is 1. The molecule has 0 rings (SSSR count). The average Bonchev–Trinajstić information content (AvgIpc) is 2.45. The van der Waals surface area contributed by atoms with Gasteiger partial charge in [0.2, 0.25) is 0 Å². The zero-order valence-corrected chi connectivity index (χ0v) is 15.8. The van der Waals surface area contributed by atoms with Crippen LogP contribution in [0.2, 0.25) is 0 Å². The van der Waals surface area contributed by atoms with E-state index in [1.807, 2.05) is 35.3 Å². The molecule has 0 unspecified atom stereocenters. The Morgan fingerprint density at radius 1 is 1.05 bits per heavy atom. The lowest BCUT2D eigenvalue weighted by Gasteiger charge is -2.06. The number of thioether (sulfide) groups is 5. The number of hydrogen-bond donors (Lipinski definition) is 2. The van der Waals surface area contributed by atoms with Crippen molar-refractivity contribution in [3.8, 4) is 0 Å². The first-order valence-corrected chi connectivity index (χ1v) is 12.0. The van der Waals surface area contributed by atoms with E-state index >= 15 is 0 Å². The highest BCUT2D eigenvalue weighted by Crippen LogP contribution is 2.17. The number of carbonyl (C=O) groups excluding carboxylic acids is 1. The standard InChI is InChI=1S/C11H23NO3S5/c1-2-4-16-8-20-9-17-5-3-12-11(14)15-7-19-10-18-6-13/h13H,2-10H2,1H3,(H,12,14). The Morgan fingerprint density at radius 3 is 2.45 bits per heavy atom. The van der Waals surface area contributed by atoms with Crippen molar-refractivity contribution >= 4 is 64.9 Å². The number of carbonyl (C=O) groups is 1. The third-order valence-corrected chi connectivity index (χ3v) is 7.39. The van der Waals surface area contributed by atoms with Crippen LogP contribution in [0.5, 0.6) is 0 Å². The highest BCUT2D eigenvalue weighted by Gasteiger charge is 2.00. The van der Waals surface area contributed by atoms with Crippen LogP contribution in [-0.2, 0) is 4.74 Å². The predicted octanol–water partition coefficient (Wildman–Crippen LogP) is 3.57. The van der Waals surface area contributed by atoms with Crippen LogP contribution < -0.4 is 5.32 Å². The van der Waals surface area contributed by atoms with E-state index < -0.39 is 0 Å². The van der Waals surface area contributed by atoms with Crippen molar-refractivity contribution in [2.24, 2.45) is 0 Å². The molecule has 120 valence electrons. The summed E-state index contributed by atoms with van der Waals surface area (Å²) >= 11 is 8.60. The number of alkyl carbamates (subject to hydrolysis) is 1. The van der Waals surface area contributed by atoms with Gasteiger partial charge in [-0.05, 0) is 12.2 Å². The average molecular weight is 378 g/mol. The second-order valence-electron chi connectivity index (χ2n) is 3.39. The van der Waals surface area contributed by atoms with Crippen LogP contribution in [0, 0.1) is 0 Å². The fraction of sp³-hybridized carbons (Fsp3) is 0.909. The maximum atomic E-state index is 11.3. The Kier molecular flexibility index (Phi) is 18.9. The summed E-state index contributed by atoms with van der Waals surface area (Å²) in [4.78, 5) is 11.3. The molecule has 1 amide bonds. The van der Waals surface area contributed by atoms with Crippen LogP contribution in [0.15, 0.2) is 0 Å². The van der Waals surface area contributed by atoms with Gasteiger partial charge in [0.15, 0.2) is 0 Å². The molecule has 20 heavy (non-hydrogen) atoms. The maximum absolute atomic E-state index is 11.3. The maximum Gasteiger partial charge on any atom is 0.407 e. The van der Waals surface area contributed by atoms with Gasteiger partial charge in [-0.25, -0.2) is 4.79 Å². The number of amides is 1. The van der Waals surface area contributed by atoms with E-state index in [-0.39, 0.29) is 12.0 Å². The van der Waals surface area contributed by atoms with Crippen molar-refractivity contribution in [3.05, 3.63) is 0 Å². The molecule has 0 aliphatic heterocycles. The Balaban J connectivity index is 3.11. The van der Waals surface area contributed by atoms with Crippen LogP contribution in [0.1, 0.15) is 13.3 Å². The fourth-order valence-corrected chi connectivity index (χ4v) is 5.45. The molecule has 0 aromatic rings. The molecular weight excluding hydrogens is 354 g/mol. The molecule has 0 saturated carbocycles. The van der Waals surface area contributed by atoms with E-state index in [0.717, 1.165) is 21.0 Å². The molecule has 0 aliphatic rings. The Labute approximate surface area is 143 Å². The molecule has 0 aromatic carbocycles. The molecule has 0 heterocycles. The molecule has 9 heteroatoms. The van der Waals surface area contributed by atoms with E-state index in [9.17, 15) is 4.79 Å². The third-order valence-electron chi connectivity index (χ3n) is 1.73. The number of ether oxygens (including phenoxy) is 1. The largest absolute Gasteiger partial charge is 0.438 e. The molecule has 0 atom stereocenters. The summed E-state index contributed by atoms with van der Waals surface area (Å²) in [5.74, 6) is 2.58. The van der Waals surface area contributed by atoms with E-state index in [1.165, 1.54) is 35.7 Å². The summed E-state index contributed by atoms with van der Waals surface area (Å²) in [6, 6.07) is 0. The summed E-state index contributed by atoms with van der Waals surface area (Å²) in [5.41, 5.74) is 0. The highest BCUT2D eigenvalue weighted by molar-refractivity contribution is 8.22. The molecule has 4 nitrogen and oxygen atoms in total. The minimum atomic E-state index is -0.363. The van der Waals surface area contributed by atoms with Gasteiger partial charge in [-0.2, -0.15) is 11.8 Å². The van der Waals surface area contributed by atoms with Crippen LogP contribution in [0.3, 0.4) is 0 Å². The summed E-state index contributed by atoms with van der Waals surface area (Å²) < 4.78 is 4.96. The minimum absolute atomic E-state index is 0.103. The van der Waals surface area contributed by atoms with Gasteiger partial charge in [0, 0.05) is 27.6 Å². The predicted molar refractivity (Wildman–Crippen MR) is 99.0 cm³/mol. The van der Waals surface area contributed by atoms with Crippen molar-refractivity contribution in [2.75, 3.05) is 45.2 Å². The van der Waals surface area contributed by atoms with Gasteiger partial charge < -0.3 is 15.2 Å². The fourth-order valence-electron chi connectivity index (χ4n) is 0.916. The monoisotopic (exact) mass is 377 g/mol. The van der Waals surface area contributed by atoms with Gasteiger partial charge in [-0.1, -0.05) is 6.92 Å². The van der Waals surface area contributed by atoms with Crippen LogP contribution in [0.4, 0.5) is 4.79 Å². The molecular formula is C11H23NO3S5. The lowest BCUT2D eigenvalue weighted by molar-refractivity contribution is 0.166. The number of rotatable bonds is 14. The van der Waals surface area contributed by atoms with Crippen LogP contribution in [-0.4, -0.2) is 56.4 Å². The van der Waals surface area contributed by atoms with Crippen molar-refractivity contribution in [2.45, 2.75) is 13.3 Å². The zero-order chi connectivity index (χ0) is 14.9. The van der Waals surface area contributed by atoms with Gasteiger partial charge in [-0.3, -0.25) is 0 Å². The zero-order valence-electron chi connectivity index (χ0n) is 11.7. The second-order valence-corrected chi connectivity index (χ2v) is 9.57. The van der Waals surface area contributed by atoms with Crippen molar-refractivity contribution in [1.29, 1.82) is 0 Å². The van der Waals surface area contributed by atoms with Crippen molar-refractivity contribution in [1.82, 2.24) is 5.32 Å². The van der Waals surface area contributed by atoms with E-state index in [2.05, 4.69) is 12.2 Å². The van der Waals surface area contributed by atoms with Gasteiger partial charge in [0.05, 0.1) is 5.94 Å². The Morgan fingerprint density at radius 2 is 1.75 bits per heavy atom. The lowest BCUT2D eigenvalue weighted by atomic mass is 10.6. The normalized spacial score (nSPS) is 10.5. The van der Waals surface area contributed by atoms with E-state index in [0.29, 0.717) is 12.5 Å². The summed E-state index contributed by atoms with van der Waals surface area (Å²) in [6.45, 7) is 2.84. The Hall–Kier alpha value is 0.980. The molecule has 0 radical (unpaired) electrons. The third kappa shape index (κ3) is 17.0. The van der Waals surface area contributed by atoms with Gasteiger partial charge >= 0.3 is 6.09 Å². The molecule has 2 N–H and O–H groups in total. The van der Waals surface area contributed by atoms with Crippen LogP contribution in [0.25, 0.3) is 0 Å². The Bertz CT molecular complexity index is 224. The summed E-state index contributed by atoms with van der Waals surface area (Å²) in [7, 11) is 0.